The lowest BCUT2D eigenvalue weighted by Gasteiger charge is -2.43. The molecule has 2 atom stereocenters. The molecule has 0 aromatic heterocycles. The summed E-state index contributed by atoms with van der Waals surface area (Å²) in [5.74, 6) is 0. The summed E-state index contributed by atoms with van der Waals surface area (Å²) in [6, 6.07) is 0. The lowest BCUT2D eigenvalue weighted by atomic mass is 10.3. The maximum absolute atomic E-state index is 2.55. The van der Waals surface area contributed by atoms with E-state index in [9.17, 15) is 0 Å². The van der Waals surface area contributed by atoms with Gasteiger partial charge in [0.1, 0.15) is 0 Å². The van der Waals surface area contributed by atoms with E-state index in [0.717, 1.165) is 0 Å². The summed E-state index contributed by atoms with van der Waals surface area (Å²) in [6.07, 6.45) is 17.4. The molecule has 0 unspecified atom stereocenters. The SMILES string of the molecule is CC(C)(C)[P@]1CCC[C@@H]1P(C1CCCC1)C1CCCC1. The van der Waals surface area contributed by atoms with Gasteiger partial charge in [-0.25, -0.2) is 0 Å². The van der Waals surface area contributed by atoms with Crippen molar-refractivity contribution in [3.8, 4) is 0 Å². The fourth-order valence-electron chi connectivity index (χ4n) is 5.03. The molecule has 3 fully saturated rings. The highest BCUT2D eigenvalue weighted by Crippen LogP contribution is 2.74. The fraction of sp³-hybridized carbons (Fsp3) is 1.00. The third-order valence-electron chi connectivity index (χ3n) is 5.92. The van der Waals surface area contributed by atoms with Gasteiger partial charge in [0.25, 0.3) is 0 Å². The average molecular weight is 312 g/mol. The highest BCUT2D eigenvalue weighted by molar-refractivity contribution is 7.77. The predicted molar refractivity (Wildman–Crippen MR) is 96.0 cm³/mol. The quantitative estimate of drug-likeness (QED) is 0.505. The van der Waals surface area contributed by atoms with Crippen LogP contribution in [0.25, 0.3) is 0 Å². The summed E-state index contributed by atoms with van der Waals surface area (Å²) >= 11 is 0. The van der Waals surface area contributed by atoms with Crippen molar-refractivity contribution in [2.24, 2.45) is 0 Å². The Morgan fingerprint density at radius 2 is 1.25 bits per heavy atom. The molecule has 0 amide bonds. The van der Waals surface area contributed by atoms with Crippen LogP contribution in [0.1, 0.15) is 85.0 Å². The summed E-state index contributed by atoms with van der Waals surface area (Å²) in [5, 5.41) is 1.82. The molecule has 3 aliphatic rings. The molecule has 0 nitrogen and oxygen atoms in total. The summed E-state index contributed by atoms with van der Waals surface area (Å²) in [6.45, 7) is 7.65. The summed E-state index contributed by atoms with van der Waals surface area (Å²) < 4.78 is 0. The van der Waals surface area contributed by atoms with Crippen LogP contribution in [-0.4, -0.2) is 28.0 Å². The van der Waals surface area contributed by atoms with E-state index in [4.69, 9.17) is 0 Å². The molecule has 116 valence electrons. The zero-order chi connectivity index (χ0) is 14.2. The van der Waals surface area contributed by atoms with Crippen LogP contribution in [0.15, 0.2) is 0 Å². The van der Waals surface area contributed by atoms with Crippen molar-refractivity contribution in [2.45, 2.75) is 107 Å². The molecule has 1 heterocycles. The van der Waals surface area contributed by atoms with Gasteiger partial charge in [0.2, 0.25) is 0 Å². The van der Waals surface area contributed by atoms with Crippen LogP contribution in [0.2, 0.25) is 0 Å². The first-order chi connectivity index (χ1) is 9.57. The van der Waals surface area contributed by atoms with Gasteiger partial charge in [0.15, 0.2) is 0 Å². The third kappa shape index (κ3) is 3.27. The Morgan fingerprint density at radius 3 is 1.70 bits per heavy atom. The van der Waals surface area contributed by atoms with Gasteiger partial charge in [0, 0.05) is 5.40 Å². The third-order valence-corrected chi connectivity index (χ3v) is 14.7. The van der Waals surface area contributed by atoms with Gasteiger partial charge in [-0.3, -0.25) is 0 Å². The summed E-state index contributed by atoms with van der Waals surface area (Å²) in [7, 11) is 0.669. The molecule has 0 N–H and O–H groups in total. The summed E-state index contributed by atoms with van der Waals surface area (Å²) in [4.78, 5) is 0. The van der Waals surface area contributed by atoms with Crippen LogP contribution < -0.4 is 0 Å². The topological polar surface area (TPSA) is 0 Å². The van der Waals surface area contributed by atoms with Crippen molar-refractivity contribution in [1.82, 2.24) is 0 Å². The molecular weight excluding hydrogens is 278 g/mol. The fourth-order valence-corrected chi connectivity index (χ4v) is 15.7. The zero-order valence-corrected chi connectivity index (χ0v) is 15.7. The molecule has 3 rings (SSSR count). The second-order valence-electron chi connectivity index (χ2n) is 8.31. The Kier molecular flexibility index (Phi) is 5.15. The molecule has 0 spiro atoms. The molecule has 0 aromatic carbocycles. The van der Waals surface area contributed by atoms with Gasteiger partial charge in [-0.15, -0.1) is 0 Å². The minimum atomic E-state index is 0.308. The average Bonchev–Trinajstić information content (AvgIpc) is 3.11. The summed E-state index contributed by atoms with van der Waals surface area (Å²) in [5.41, 5.74) is 2.37. The Labute approximate surface area is 129 Å². The Morgan fingerprint density at radius 1 is 0.750 bits per heavy atom. The molecule has 2 heteroatoms. The van der Waals surface area contributed by atoms with Crippen LogP contribution in [0.5, 0.6) is 0 Å². The Hall–Kier alpha value is 0.860. The highest BCUT2D eigenvalue weighted by Gasteiger charge is 2.45. The standard InChI is InChI=1S/C18H34P2/c1-18(2,3)19-14-8-13-17(19)20(15-9-4-5-10-15)16-11-6-7-12-16/h15-17H,4-14H2,1-3H3/t17-,19+/m0/s1. The molecule has 0 radical (unpaired) electrons. The molecular formula is C18H34P2. The smallest absolute Gasteiger partial charge is 0.000395 e. The second kappa shape index (κ2) is 6.54. The largest absolute Gasteiger partial charge is 0.0936 e. The number of rotatable bonds is 3. The normalized spacial score (nSPS) is 33.6. The second-order valence-corrected chi connectivity index (χ2v) is 15.0. The first-order valence-electron chi connectivity index (χ1n) is 9.11. The highest BCUT2D eigenvalue weighted by atomic mass is 31.2. The van der Waals surface area contributed by atoms with Gasteiger partial charge in [0.05, 0.1) is 0 Å². The molecule has 0 bridgehead atoms. The van der Waals surface area contributed by atoms with Gasteiger partial charge >= 0.3 is 0 Å². The molecule has 0 aromatic rings. The van der Waals surface area contributed by atoms with Gasteiger partial charge in [-0.2, -0.15) is 0 Å². The van der Waals surface area contributed by atoms with Crippen LogP contribution in [-0.2, 0) is 0 Å². The lowest BCUT2D eigenvalue weighted by Crippen LogP contribution is -2.23. The molecule has 1 saturated heterocycles. The van der Waals surface area contributed by atoms with E-state index in [1.165, 1.54) is 16.7 Å². The van der Waals surface area contributed by atoms with Crippen molar-refractivity contribution in [3.05, 3.63) is 0 Å². The van der Waals surface area contributed by atoms with Gasteiger partial charge < -0.3 is 0 Å². The Bertz CT molecular complexity index is 292. The molecule has 2 saturated carbocycles. The van der Waals surface area contributed by atoms with Crippen molar-refractivity contribution >= 4 is 15.8 Å². The first kappa shape index (κ1) is 15.7. The van der Waals surface area contributed by atoms with Crippen LogP contribution in [0, 0.1) is 0 Å². The number of hydrogen-bond acceptors (Lipinski definition) is 0. The van der Waals surface area contributed by atoms with E-state index in [-0.39, 0.29) is 0 Å². The monoisotopic (exact) mass is 312 g/mol. The van der Waals surface area contributed by atoms with Crippen LogP contribution in [0.3, 0.4) is 0 Å². The van der Waals surface area contributed by atoms with Crippen LogP contribution in [0.4, 0.5) is 0 Å². The van der Waals surface area contributed by atoms with E-state index in [1.54, 1.807) is 70.4 Å². The predicted octanol–water partition coefficient (Wildman–Crippen LogP) is 6.75. The molecule has 2 aliphatic carbocycles. The van der Waals surface area contributed by atoms with E-state index < -0.39 is 0 Å². The van der Waals surface area contributed by atoms with E-state index in [1.807, 2.05) is 0 Å². The van der Waals surface area contributed by atoms with Crippen molar-refractivity contribution in [2.75, 3.05) is 6.16 Å². The van der Waals surface area contributed by atoms with Crippen LogP contribution >= 0.6 is 15.8 Å². The first-order valence-corrected chi connectivity index (χ1v) is 12.3. The van der Waals surface area contributed by atoms with Crippen molar-refractivity contribution < 1.29 is 0 Å². The van der Waals surface area contributed by atoms with Crippen molar-refractivity contribution in [3.63, 3.8) is 0 Å². The van der Waals surface area contributed by atoms with Gasteiger partial charge in [-0.05, 0) is 61.2 Å². The maximum Gasteiger partial charge on any atom is 0.000395 e. The lowest BCUT2D eigenvalue weighted by molar-refractivity contribution is 0.774. The molecule has 20 heavy (non-hydrogen) atoms. The van der Waals surface area contributed by atoms with E-state index in [2.05, 4.69) is 20.8 Å². The minimum absolute atomic E-state index is 0.308. The minimum Gasteiger partial charge on any atom is -0.0936 e. The van der Waals surface area contributed by atoms with E-state index >= 15 is 0 Å². The van der Waals surface area contributed by atoms with Crippen molar-refractivity contribution in [1.29, 1.82) is 0 Å². The maximum atomic E-state index is 2.55. The van der Waals surface area contributed by atoms with Gasteiger partial charge in [-0.1, -0.05) is 62.3 Å². The van der Waals surface area contributed by atoms with E-state index in [0.29, 0.717) is 21.0 Å². The Balaban J connectivity index is 1.80. The zero-order valence-electron chi connectivity index (χ0n) is 13.9. The molecule has 1 aliphatic heterocycles. The number of hydrogen-bond donors (Lipinski definition) is 0.